The molecular weight excluding hydrogens is 240 g/mol. The molecule has 18 heavy (non-hydrogen) atoms. The average molecular weight is 260 g/mol. The molecule has 0 heterocycles. The summed E-state index contributed by atoms with van der Waals surface area (Å²) in [6.07, 6.45) is 2.00. The minimum atomic E-state index is -1.64. The SMILES string of the molecule is COC(=O)CCCC#C[Si](C)(C)c1ccccc1. The van der Waals surface area contributed by atoms with E-state index in [9.17, 15) is 4.79 Å². The summed E-state index contributed by atoms with van der Waals surface area (Å²) in [4.78, 5) is 10.9. The lowest BCUT2D eigenvalue weighted by Crippen LogP contribution is -2.39. The second-order valence-corrected chi connectivity index (χ2v) is 8.80. The molecule has 0 saturated heterocycles. The van der Waals surface area contributed by atoms with Crippen LogP contribution in [0, 0.1) is 11.5 Å². The van der Waals surface area contributed by atoms with Crippen molar-refractivity contribution in [2.24, 2.45) is 0 Å². The number of benzene rings is 1. The van der Waals surface area contributed by atoms with E-state index in [2.05, 4.69) is 53.6 Å². The molecule has 2 nitrogen and oxygen atoms in total. The minimum Gasteiger partial charge on any atom is -0.469 e. The van der Waals surface area contributed by atoms with Crippen LogP contribution >= 0.6 is 0 Å². The maximum absolute atomic E-state index is 10.9. The van der Waals surface area contributed by atoms with E-state index in [1.54, 1.807) is 0 Å². The van der Waals surface area contributed by atoms with E-state index in [0.717, 1.165) is 12.8 Å². The van der Waals surface area contributed by atoms with Crippen molar-refractivity contribution in [2.45, 2.75) is 32.4 Å². The van der Waals surface area contributed by atoms with Crippen LogP contribution in [0.5, 0.6) is 0 Å². The average Bonchev–Trinajstić information content (AvgIpc) is 2.39. The summed E-state index contributed by atoms with van der Waals surface area (Å²) >= 11 is 0. The smallest absolute Gasteiger partial charge is 0.305 e. The van der Waals surface area contributed by atoms with Crippen molar-refractivity contribution in [2.75, 3.05) is 7.11 Å². The number of methoxy groups -OCH3 is 1. The predicted molar refractivity (Wildman–Crippen MR) is 77.2 cm³/mol. The van der Waals surface area contributed by atoms with Gasteiger partial charge >= 0.3 is 5.97 Å². The lowest BCUT2D eigenvalue weighted by molar-refractivity contribution is -0.140. The molecule has 1 aromatic rings. The Labute approximate surface area is 110 Å². The van der Waals surface area contributed by atoms with Gasteiger partial charge in [0.1, 0.15) is 0 Å². The normalized spacial score (nSPS) is 10.4. The number of ether oxygens (including phenoxy) is 1. The fraction of sp³-hybridized carbons (Fsp3) is 0.400. The first-order chi connectivity index (χ1) is 8.56. The standard InChI is InChI=1S/C15H20O2Si/c1-17-15(16)12-8-5-9-13-18(2,3)14-10-6-4-7-11-14/h4,6-7,10-11H,5,8,12H2,1-3H3. The summed E-state index contributed by atoms with van der Waals surface area (Å²) in [5, 5.41) is 1.35. The van der Waals surface area contributed by atoms with Crippen molar-refractivity contribution < 1.29 is 9.53 Å². The van der Waals surface area contributed by atoms with Gasteiger partial charge in [0.15, 0.2) is 8.07 Å². The van der Waals surface area contributed by atoms with E-state index < -0.39 is 8.07 Å². The Kier molecular flexibility index (Phi) is 5.67. The second kappa shape index (κ2) is 7.02. The Balaban J connectivity index is 2.49. The highest BCUT2D eigenvalue weighted by Gasteiger charge is 2.19. The molecule has 0 aliphatic heterocycles. The summed E-state index contributed by atoms with van der Waals surface area (Å²) in [5.41, 5.74) is 3.40. The van der Waals surface area contributed by atoms with Crippen LogP contribution in [0.15, 0.2) is 30.3 Å². The molecule has 3 heteroatoms. The number of unbranched alkanes of at least 4 members (excludes halogenated alkanes) is 1. The third kappa shape index (κ3) is 4.76. The van der Waals surface area contributed by atoms with Gasteiger partial charge in [-0.2, -0.15) is 0 Å². The van der Waals surface area contributed by atoms with E-state index in [1.807, 2.05) is 6.07 Å². The summed E-state index contributed by atoms with van der Waals surface area (Å²) in [7, 11) is -0.226. The lowest BCUT2D eigenvalue weighted by Gasteiger charge is -2.14. The molecule has 0 spiro atoms. The molecule has 0 aromatic heterocycles. The van der Waals surface area contributed by atoms with Crippen molar-refractivity contribution in [1.82, 2.24) is 0 Å². The Bertz CT molecular complexity index is 441. The van der Waals surface area contributed by atoms with Crippen LogP contribution in [0.4, 0.5) is 0 Å². The molecule has 0 aliphatic rings. The van der Waals surface area contributed by atoms with Gasteiger partial charge in [-0.25, -0.2) is 0 Å². The maximum atomic E-state index is 10.9. The molecular formula is C15H20O2Si. The number of hydrogen-bond acceptors (Lipinski definition) is 2. The van der Waals surface area contributed by atoms with Crippen molar-refractivity contribution in [3.05, 3.63) is 30.3 Å². The summed E-state index contributed by atoms with van der Waals surface area (Å²) in [6, 6.07) is 10.4. The maximum Gasteiger partial charge on any atom is 0.305 e. The van der Waals surface area contributed by atoms with Crippen LogP contribution in [-0.2, 0) is 9.53 Å². The zero-order valence-electron chi connectivity index (χ0n) is 11.3. The molecule has 96 valence electrons. The first-order valence-electron chi connectivity index (χ1n) is 6.18. The molecule has 0 radical (unpaired) electrons. The quantitative estimate of drug-likeness (QED) is 0.360. The largest absolute Gasteiger partial charge is 0.469 e. The Morgan fingerprint density at radius 3 is 2.56 bits per heavy atom. The van der Waals surface area contributed by atoms with E-state index in [4.69, 9.17) is 0 Å². The zero-order valence-corrected chi connectivity index (χ0v) is 12.3. The first kappa shape index (κ1) is 14.5. The topological polar surface area (TPSA) is 26.3 Å². The third-order valence-electron chi connectivity index (χ3n) is 2.81. The van der Waals surface area contributed by atoms with Crippen LogP contribution in [0.2, 0.25) is 13.1 Å². The van der Waals surface area contributed by atoms with E-state index in [0.29, 0.717) is 6.42 Å². The number of carbonyl (C=O) groups excluding carboxylic acids is 1. The number of hydrogen-bond donors (Lipinski definition) is 0. The van der Waals surface area contributed by atoms with Crippen LogP contribution in [-0.4, -0.2) is 21.2 Å². The molecule has 1 rings (SSSR count). The van der Waals surface area contributed by atoms with Gasteiger partial charge in [-0.1, -0.05) is 43.4 Å². The van der Waals surface area contributed by atoms with Gasteiger partial charge in [0.2, 0.25) is 0 Å². The fourth-order valence-electron chi connectivity index (χ4n) is 1.63. The molecule has 0 unspecified atom stereocenters. The molecule has 0 aliphatic carbocycles. The van der Waals surface area contributed by atoms with E-state index >= 15 is 0 Å². The minimum absolute atomic E-state index is 0.156. The van der Waals surface area contributed by atoms with Crippen molar-refractivity contribution in [1.29, 1.82) is 0 Å². The molecule has 0 amide bonds. The first-order valence-corrected chi connectivity index (χ1v) is 9.18. The predicted octanol–water partition coefficient (Wildman–Crippen LogP) is 2.49. The summed E-state index contributed by atoms with van der Waals surface area (Å²) in [5.74, 6) is 3.05. The van der Waals surface area contributed by atoms with Gasteiger partial charge in [0.25, 0.3) is 0 Å². The number of esters is 1. The fourth-order valence-corrected chi connectivity index (χ4v) is 3.37. The summed E-state index contributed by atoms with van der Waals surface area (Å²) in [6.45, 7) is 4.49. The van der Waals surface area contributed by atoms with Gasteiger partial charge in [-0.05, 0) is 11.6 Å². The van der Waals surface area contributed by atoms with Gasteiger partial charge in [-0.3, -0.25) is 4.79 Å². The van der Waals surface area contributed by atoms with Gasteiger partial charge < -0.3 is 4.74 Å². The zero-order chi connectivity index (χ0) is 13.4. The van der Waals surface area contributed by atoms with Crippen molar-refractivity contribution >= 4 is 19.2 Å². The Morgan fingerprint density at radius 2 is 1.94 bits per heavy atom. The van der Waals surface area contributed by atoms with Gasteiger partial charge in [0.05, 0.1) is 7.11 Å². The summed E-state index contributed by atoms with van der Waals surface area (Å²) < 4.78 is 4.59. The molecule has 1 aromatic carbocycles. The lowest BCUT2D eigenvalue weighted by atomic mass is 10.2. The molecule has 0 N–H and O–H groups in total. The van der Waals surface area contributed by atoms with Crippen LogP contribution in [0.25, 0.3) is 0 Å². The third-order valence-corrected chi connectivity index (χ3v) is 5.39. The highest BCUT2D eigenvalue weighted by molar-refractivity contribution is 6.96. The highest BCUT2D eigenvalue weighted by Crippen LogP contribution is 2.02. The molecule has 0 fully saturated rings. The van der Waals surface area contributed by atoms with Gasteiger partial charge in [-0.15, -0.1) is 11.5 Å². The van der Waals surface area contributed by atoms with E-state index in [-0.39, 0.29) is 5.97 Å². The van der Waals surface area contributed by atoms with Crippen LogP contribution < -0.4 is 5.19 Å². The van der Waals surface area contributed by atoms with Crippen molar-refractivity contribution in [3.63, 3.8) is 0 Å². The molecule has 0 bridgehead atoms. The van der Waals surface area contributed by atoms with Gasteiger partial charge in [0, 0.05) is 12.8 Å². The monoisotopic (exact) mass is 260 g/mol. The van der Waals surface area contributed by atoms with Crippen molar-refractivity contribution in [3.8, 4) is 11.5 Å². The number of rotatable bonds is 4. The highest BCUT2D eigenvalue weighted by atomic mass is 28.3. The Morgan fingerprint density at radius 1 is 1.28 bits per heavy atom. The van der Waals surface area contributed by atoms with Crippen LogP contribution in [0.3, 0.4) is 0 Å². The van der Waals surface area contributed by atoms with E-state index in [1.165, 1.54) is 12.3 Å². The number of carbonyl (C=O) groups is 1. The molecule has 0 saturated carbocycles. The van der Waals surface area contributed by atoms with Crippen LogP contribution in [0.1, 0.15) is 19.3 Å². The Hall–Kier alpha value is -1.53. The second-order valence-electron chi connectivity index (χ2n) is 4.72. The molecule has 0 atom stereocenters.